The van der Waals surface area contributed by atoms with Gasteiger partial charge in [0.2, 0.25) is 0 Å². The predicted molar refractivity (Wildman–Crippen MR) is 67.6 cm³/mol. The van der Waals surface area contributed by atoms with E-state index in [9.17, 15) is 0 Å². The maximum Gasteiger partial charge on any atom is 0.0598 e. The second-order valence-corrected chi connectivity index (χ2v) is 4.31. The van der Waals surface area contributed by atoms with E-state index >= 15 is 0 Å². The molecule has 0 saturated heterocycles. The highest BCUT2D eigenvalue weighted by molar-refractivity contribution is 4.87. The zero-order chi connectivity index (χ0) is 11.5. The van der Waals surface area contributed by atoms with Crippen LogP contribution >= 0.6 is 0 Å². The fourth-order valence-electron chi connectivity index (χ4n) is 1.81. The van der Waals surface area contributed by atoms with E-state index < -0.39 is 0 Å². The topological polar surface area (TPSA) is 29.3 Å². The summed E-state index contributed by atoms with van der Waals surface area (Å²) >= 11 is 0. The Balaban J connectivity index is 3.56. The largest absolute Gasteiger partial charge is 0.330 e. The highest BCUT2D eigenvalue weighted by Crippen LogP contribution is 2.09. The van der Waals surface area contributed by atoms with E-state index in [4.69, 9.17) is 12.2 Å². The van der Waals surface area contributed by atoms with Crippen molar-refractivity contribution in [2.75, 3.05) is 26.2 Å². The van der Waals surface area contributed by atoms with Crippen molar-refractivity contribution < 1.29 is 0 Å². The van der Waals surface area contributed by atoms with E-state index in [1.807, 2.05) is 0 Å². The van der Waals surface area contributed by atoms with Crippen LogP contribution in [0.3, 0.4) is 0 Å². The third-order valence-corrected chi connectivity index (χ3v) is 2.69. The molecule has 15 heavy (non-hydrogen) atoms. The zero-order valence-corrected chi connectivity index (χ0v) is 10.3. The minimum absolute atomic E-state index is 0.754. The van der Waals surface area contributed by atoms with Gasteiger partial charge in [-0.3, -0.25) is 4.90 Å². The molecule has 2 heteroatoms. The summed E-state index contributed by atoms with van der Waals surface area (Å²) in [6.45, 7) is 8.32. The van der Waals surface area contributed by atoms with Gasteiger partial charge in [0, 0.05) is 0 Å². The predicted octanol–water partition coefficient (Wildman–Crippen LogP) is 2.10. The van der Waals surface area contributed by atoms with Crippen LogP contribution in [0.15, 0.2) is 0 Å². The van der Waals surface area contributed by atoms with E-state index in [0.717, 1.165) is 38.5 Å². The van der Waals surface area contributed by atoms with Crippen LogP contribution in [0.1, 0.15) is 39.5 Å². The maximum absolute atomic E-state index is 5.52. The van der Waals surface area contributed by atoms with Gasteiger partial charge in [0.15, 0.2) is 0 Å². The lowest BCUT2D eigenvalue weighted by atomic mass is 10.0. The first-order valence-corrected chi connectivity index (χ1v) is 6.10. The van der Waals surface area contributed by atoms with Crippen molar-refractivity contribution >= 4 is 0 Å². The van der Waals surface area contributed by atoms with Gasteiger partial charge in [-0.05, 0) is 51.2 Å². The molecule has 0 bridgehead atoms. The van der Waals surface area contributed by atoms with Crippen molar-refractivity contribution in [3.05, 3.63) is 0 Å². The van der Waals surface area contributed by atoms with Gasteiger partial charge in [-0.2, -0.15) is 0 Å². The van der Waals surface area contributed by atoms with Crippen LogP contribution in [0, 0.1) is 18.3 Å². The van der Waals surface area contributed by atoms with E-state index in [-0.39, 0.29) is 0 Å². The van der Waals surface area contributed by atoms with Crippen LogP contribution in [0.2, 0.25) is 0 Å². The number of nitrogens with two attached hydrogens (primary N) is 1. The van der Waals surface area contributed by atoms with Gasteiger partial charge in [-0.1, -0.05) is 19.8 Å². The number of nitrogens with zero attached hydrogens (tertiary/aromatic N) is 1. The summed E-state index contributed by atoms with van der Waals surface area (Å²) in [6.07, 6.45) is 10.2. The lowest BCUT2D eigenvalue weighted by Crippen LogP contribution is -2.26. The molecule has 1 atom stereocenters. The van der Waals surface area contributed by atoms with Crippen LogP contribution in [0.4, 0.5) is 0 Å². The molecule has 1 unspecified atom stereocenters. The standard InChI is InChI=1S/C13H26N2/c1-4-10-15(11-5-2)12-6-7-13(3)8-9-14/h1,13H,5-12,14H2,2-3H3. The van der Waals surface area contributed by atoms with Gasteiger partial charge in [-0.15, -0.1) is 6.42 Å². The Labute approximate surface area is 95.2 Å². The zero-order valence-electron chi connectivity index (χ0n) is 10.3. The van der Waals surface area contributed by atoms with Gasteiger partial charge >= 0.3 is 0 Å². The maximum atomic E-state index is 5.52. The lowest BCUT2D eigenvalue weighted by molar-refractivity contribution is 0.290. The summed E-state index contributed by atoms with van der Waals surface area (Å²) in [5.74, 6) is 3.48. The van der Waals surface area contributed by atoms with Gasteiger partial charge in [0.1, 0.15) is 0 Å². The summed E-state index contributed by atoms with van der Waals surface area (Å²) in [4.78, 5) is 2.36. The molecule has 2 N–H and O–H groups in total. The third-order valence-electron chi connectivity index (χ3n) is 2.69. The molecule has 0 rings (SSSR count). The smallest absolute Gasteiger partial charge is 0.0598 e. The Morgan fingerprint density at radius 2 is 2.07 bits per heavy atom. The molecule has 0 aromatic carbocycles. The first kappa shape index (κ1) is 14.5. The van der Waals surface area contributed by atoms with Crippen molar-refractivity contribution in [3.8, 4) is 12.3 Å². The summed E-state index contributed by atoms with van der Waals surface area (Å²) in [7, 11) is 0. The van der Waals surface area contributed by atoms with E-state index in [1.54, 1.807) is 0 Å². The molecule has 2 nitrogen and oxygen atoms in total. The van der Waals surface area contributed by atoms with Crippen molar-refractivity contribution in [1.82, 2.24) is 4.90 Å². The fourth-order valence-corrected chi connectivity index (χ4v) is 1.81. The van der Waals surface area contributed by atoms with Crippen molar-refractivity contribution in [1.29, 1.82) is 0 Å². The lowest BCUT2D eigenvalue weighted by Gasteiger charge is -2.19. The number of terminal acetylenes is 1. The van der Waals surface area contributed by atoms with Crippen LogP contribution < -0.4 is 5.73 Å². The summed E-state index contributed by atoms with van der Waals surface area (Å²) in [6, 6.07) is 0. The average Bonchev–Trinajstić information content (AvgIpc) is 2.19. The highest BCUT2D eigenvalue weighted by Gasteiger charge is 2.04. The normalized spacial score (nSPS) is 12.7. The average molecular weight is 210 g/mol. The SMILES string of the molecule is C#CCN(CCC)CCCC(C)CCN. The molecular formula is C13H26N2. The van der Waals surface area contributed by atoms with Crippen LogP contribution in [-0.2, 0) is 0 Å². The van der Waals surface area contributed by atoms with Crippen LogP contribution in [-0.4, -0.2) is 31.1 Å². The molecule has 0 radical (unpaired) electrons. The first-order chi connectivity index (χ1) is 7.24. The monoisotopic (exact) mass is 210 g/mol. The Morgan fingerprint density at radius 1 is 1.33 bits per heavy atom. The molecule has 0 aliphatic carbocycles. The molecule has 0 aliphatic rings. The Hall–Kier alpha value is -0.520. The Kier molecular flexibility index (Phi) is 9.67. The summed E-state index contributed by atoms with van der Waals surface area (Å²) in [5.41, 5.74) is 5.52. The van der Waals surface area contributed by atoms with Crippen LogP contribution in [0.5, 0.6) is 0 Å². The molecule has 0 aliphatic heterocycles. The Morgan fingerprint density at radius 3 is 2.60 bits per heavy atom. The van der Waals surface area contributed by atoms with Gasteiger partial charge in [0.05, 0.1) is 6.54 Å². The minimum atomic E-state index is 0.754. The Bertz CT molecular complexity index is 172. The quantitative estimate of drug-likeness (QED) is 0.591. The molecular weight excluding hydrogens is 184 g/mol. The molecule has 0 aromatic rings. The van der Waals surface area contributed by atoms with E-state index in [1.165, 1.54) is 19.3 Å². The first-order valence-electron chi connectivity index (χ1n) is 6.10. The van der Waals surface area contributed by atoms with E-state index in [2.05, 4.69) is 24.7 Å². The molecule has 0 heterocycles. The molecule has 0 aromatic heterocycles. The highest BCUT2D eigenvalue weighted by atomic mass is 15.1. The molecule has 88 valence electrons. The number of hydrogen-bond donors (Lipinski definition) is 1. The van der Waals surface area contributed by atoms with Gasteiger partial charge < -0.3 is 5.73 Å². The fraction of sp³-hybridized carbons (Fsp3) is 0.846. The van der Waals surface area contributed by atoms with Crippen molar-refractivity contribution in [3.63, 3.8) is 0 Å². The number of hydrogen-bond acceptors (Lipinski definition) is 2. The second-order valence-electron chi connectivity index (χ2n) is 4.31. The molecule has 0 saturated carbocycles. The second kappa shape index (κ2) is 10.0. The minimum Gasteiger partial charge on any atom is -0.330 e. The van der Waals surface area contributed by atoms with Crippen molar-refractivity contribution in [2.45, 2.75) is 39.5 Å². The van der Waals surface area contributed by atoms with Crippen LogP contribution in [0.25, 0.3) is 0 Å². The summed E-state index contributed by atoms with van der Waals surface area (Å²) < 4.78 is 0. The molecule has 0 fully saturated rings. The number of rotatable bonds is 9. The van der Waals surface area contributed by atoms with Crippen molar-refractivity contribution in [2.24, 2.45) is 11.7 Å². The van der Waals surface area contributed by atoms with E-state index in [0.29, 0.717) is 0 Å². The molecule has 0 amide bonds. The van der Waals surface area contributed by atoms with Gasteiger partial charge in [-0.25, -0.2) is 0 Å². The molecule has 0 spiro atoms. The summed E-state index contributed by atoms with van der Waals surface area (Å²) in [5, 5.41) is 0. The van der Waals surface area contributed by atoms with Gasteiger partial charge in [0.25, 0.3) is 0 Å². The third kappa shape index (κ3) is 8.47.